The summed E-state index contributed by atoms with van der Waals surface area (Å²) in [6, 6.07) is 12.7. The van der Waals surface area contributed by atoms with Crippen molar-refractivity contribution < 1.29 is 9.53 Å². The maximum absolute atomic E-state index is 12.0. The Morgan fingerprint density at radius 3 is 2.80 bits per heavy atom. The van der Waals surface area contributed by atoms with Gasteiger partial charge in [0.2, 0.25) is 0 Å². The summed E-state index contributed by atoms with van der Waals surface area (Å²) in [6.45, 7) is 0.434. The molecule has 0 saturated heterocycles. The van der Waals surface area contributed by atoms with Crippen molar-refractivity contribution in [3.05, 3.63) is 63.1 Å². The molecule has 0 aromatic heterocycles. The van der Waals surface area contributed by atoms with Crippen LogP contribution in [0.3, 0.4) is 0 Å². The molecular formula is C15H13BrClNO2. The van der Waals surface area contributed by atoms with Gasteiger partial charge in [0.15, 0.2) is 0 Å². The lowest BCUT2D eigenvalue weighted by Crippen LogP contribution is -2.22. The number of ether oxygens (including phenoxy) is 1. The third-order valence-electron chi connectivity index (χ3n) is 2.77. The van der Waals surface area contributed by atoms with E-state index in [0.717, 1.165) is 15.8 Å². The third-order valence-corrected chi connectivity index (χ3v) is 4.00. The molecule has 5 heteroatoms. The molecule has 0 atom stereocenters. The standard InChI is InChI=1S/C15H13BrClNO2/c1-20-12-4-2-3-10(7-12)9-18-15(19)11-5-6-13(16)14(17)8-11/h2-8H,9H2,1H3,(H,18,19). The lowest BCUT2D eigenvalue weighted by atomic mass is 10.2. The van der Waals surface area contributed by atoms with Crippen LogP contribution in [0.1, 0.15) is 15.9 Å². The zero-order valence-electron chi connectivity index (χ0n) is 10.8. The minimum Gasteiger partial charge on any atom is -0.497 e. The number of carbonyl (C=O) groups is 1. The Morgan fingerprint density at radius 1 is 1.30 bits per heavy atom. The van der Waals surface area contributed by atoms with Gasteiger partial charge in [0, 0.05) is 16.6 Å². The van der Waals surface area contributed by atoms with Gasteiger partial charge in [0.1, 0.15) is 5.75 Å². The fourth-order valence-electron chi connectivity index (χ4n) is 1.70. The minimum absolute atomic E-state index is 0.165. The van der Waals surface area contributed by atoms with Crippen LogP contribution in [0.4, 0.5) is 0 Å². The van der Waals surface area contributed by atoms with Crippen LogP contribution in [0.2, 0.25) is 5.02 Å². The van der Waals surface area contributed by atoms with Crippen molar-refractivity contribution >= 4 is 33.4 Å². The quantitative estimate of drug-likeness (QED) is 0.900. The van der Waals surface area contributed by atoms with Crippen molar-refractivity contribution in [1.29, 1.82) is 0 Å². The Bertz CT molecular complexity index is 631. The van der Waals surface area contributed by atoms with Crippen molar-refractivity contribution in [2.75, 3.05) is 7.11 Å². The van der Waals surface area contributed by atoms with Crippen LogP contribution in [0, 0.1) is 0 Å². The highest BCUT2D eigenvalue weighted by molar-refractivity contribution is 9.10. The van der Waals surface area contributed by atoms with Crippen LogP contribution >= 0.6 is 27.5 Å². The maximum atomic E-state index is 12.0. The molecule has 2 aromatic rings. The number of halogens is 2. The number of nitrogens with one attached hydrogen (secondary N) is 1. The number of hydrogen-bond acceptors (Lipinski definition) is 2. The van der Waals surface area contributed by atoms with Gasteiger partial charge in [-0.15, -0.1) is 0 Å². The molecule has 0 saturated carbocycles. The molecule has 20 heavy (non-hydrogen) atoms. The van der Waals surface area contributed by atoms with E-state index >= 15 is 0 Å². The van der Waals surface area contributed by atoms with Crippen molar-refractivity contribution in [2.45, 2.75) is 6.54 Å². The minimum atomic E-state index is -0.165. The summed E-state index contributed by atoms with van der Waals surface area (Å²) in [5.74, 6) is 0.602. The molecular weight excluding hydrogens is 342 g/mol. The summed E-state index contributed by atoms with van der Waals surface area (Å²) >= 11 is 9.26. The Hall–Kier alpha value is -1.52. The van der Waals surface area contributed by atoms with E-state index in [2.05, 4.69) is 21.2 Å². The molecule has 0 aliphatic heterocycles. The summed E-state index contributed by atoms with van der Waals surface area (Å²) in [5, 5.41) is 3.36. The lowest BCUT2D eigenvalue weighted by Gasteiger charge is -2.07. The van der Waals surface area contributed by atoms with E-state index in [4.69, 9.17) is 16.3 Å². The van der Waals surface area contributed by atoms with Gasteiger partial charge >= 0.3 is 0 Å². The number of rotatable bonds is 4. The summed E-state index contributed by atoms with van der Waals surface area (Å²) in [4.78, 5) is 12.0. The summed E-state index contributed by atoms with van der Waals surface area (Å²) in [7, 11) is 1.61. The smallest absolute Gasteiger partial charge is 0.251 e. The van der Waals surface area contributed by atoms with Crippen molar-refractivity contribution in [3.63, 3.8) is 0 Å². The number of amides is 1. The predicted octanol–water partition coefficient (Wildman–Crippen LogP) is 4.04. The van der Waals surface area contributed by atoms with E-state index in [9.17, 15) is 4.79 Å². The molecule has 0 spiro atoms. The predicted molar refractivity (Wildman–Crippen MR) is 83.3 cm³/mol. The second-order valence-electron chi connectivity index (χ2n) is 4.16. The molecule has 0 heterocycles. The van der Waals surface area contributed by atoms with E-state index in [1.54, 1.807) is 25.3 Å². The third kappa shape index (κ3) is 3.74. The van der Waals surface area contributed by atoms with Crippen LogP contribution in [0.25, 0.3) is 0 Å². The second kappa shape index (κ2) is 6.77. The first-order valence-electron chi connectivity index (χ1n) is 5.96. The first kappa shape index (κ1) is 14.9. The van der Waals surface area contributed by atoms with E-state index in [1.165, 1.54) is 0 Å². The molecule has 0 aliphatic rings. The molecule has 104 valence electrons. The Labute approximate surface area is 131 Å². The van der Waals surface area contributed by atoms with Gasteiger partial charge in [-0.3, -0.25) is 4.79 Å². The van der Waals surface area contributed by atoms with Crippen molar-refractivity contribution in [1.82, 2.24) is 5.32 Å². The largest absolute Gasteiger partial charge is 0.497 e. The SMILES string of the molecule is COc1cccc(CNC(=O)c2ccc(Br)c(Cl)c2)c1. The van der Waals surface area contributed by atoms with Gasteiger partial charge in [-0.05, 0) is 51.8 Å². The second-order valence-corrected chi connectivity index (χ2v) is 5.42. The summed E-state index contributed by atoms with van der Waals surface area (Å²) in [6.07, 6.45) is 0. The van der Waals surface area contributed by atoms with Crippen molar-refractivity contribution in [3.8, 4) is 5.75 Å². The molecule has 1 N–H and O–H groups in total. The Morgan fingerprint density at radius 2 is 2.10 bits per heavy atom. The van der Waals surface area contributed by atoms with Crippen LogP contribution in [0.5, 0.6) is 5.75 Å². The van der Waals surface area contributed by atoms with E-state index in [0.29, 0.717) is 17.1 Å². The van der Waals surface area contributed by atoms with Gasteiger partial charge in [-0.2, -0.15) is 0 Å². The highest BCUT2D eigenvalue weighted by Gasteiger charge is 2.07. The first-order valence-corrected chi connectivity index (χ1v) is 7.13. The first-order chi connectivity index (χ1) is 9.60. The molecule has 0 radical (unpaired) electrons. The van der Waals surface area contributed by atoms with E-state index < -0.39 is 0 Å². The van der Waals surface area contributed by atoms with Gasteiger partial charge < -0.3 is 10.1 Å². The van der Waals surface area contributed by atoms with Gasteiger partial charge in [0.25, 0.3) is 5.91 Å². The maximum Gasteiger partial charge on any atom is 0.251 e. The van der Waals surface area contributed by atoms with E-state index in [-0.39, 0.29) is 5.91 Å². The number of hydrogen-bond donors (Lipinski definition) is 1. The normalized spacial score (nSPS) is 10.2. The molecule has 2 aromatic carbocycles. The lowest BCUT2D eigenvalue weighted by molar-refractivity contribution is 0.0951. The van der Waals surface area contributed by atoms with Gasteiger partial charge in [-0.25, -0.2) is 0 Å². The highest BCUT2D eigenvalue weighted by Crippen LogP contribution is 2.23. The Kier molecular flexibility index (Phi) is 5.04. The van der Waals surface area contributed by atoms with Crippen molar-refractivity contribution in [2.24, 2.45) is 0 Å². The number of carbonyl (C=O) groups excluding carboxylic acids is 1. The van der Waals surface area contributed by atoms with Gasteiger partial charge in [0.05, 0.1) is 12.1 Å². The Balaban J connectivity index is 2.02. The molecule has 0 bridgehead atoms. The summed E-state index contributed by atoms with van der Waals surface area (Å²) in [5.41, 5.74) is 1.50. The summed E-state index contributed by atoms with van der Waals surface area (Å²) < 4.78 is 5.91. The van der Waals surface area contributed by atoms with Crippen LogP contribution in [0.15, 0.2) is 46.9 Å². The zero-order valence-corrected chi connectivity index (χ0v) is 13.2. The topological polar surface area (TPSA) is 38.3 Å². The number of methoxy groups -OCH3 is 1. The molecule has 0 unspecified atom stereocenters. The average molecular weight is 355 g/mol. The zero-order chi connectivity index (χ0) is 14.5. The molecule has 0 aliphatic carbocycles. The number of benzene rings is 2. The van der Waals surface area contributed by atoms with Crippen LogP contribution in [-0.4, -0.2) is 13.0 Å². The van der Waals surface area contributed by atoms with Crippen LogP contribution in [-0.2, 0) is 6.54 Å². The average Bonchev–Trinajstić information content (AvgIpc) is 2.47. The molecule has 2 rings (SSSR count). The fraction of sp³-hybridized carbons (Fsp3) is 0.133. The fourth-order valence-corrected chi connectivity index (χ4v) is 2.13. The molecule has 0 fully saturated rings. The molecule has 3 nitrogen and oxygen atoms in total. The van der Waals surface area contributed by atoms with Gasteiger partial charge in [-0.1, -0.05) is 23.7 Å². The van der Waals surface area contributed by atoms with E-state index in [1.807, 2.05) is 24.3 Å². The van der Waals surface area contributed by atoms with Crippen LogP contribution < -0.4 is 10.1 Å². The molecule has 1 amide bonds. The monoisotopic (exact) mass is 353 g/mol. The highest BCUT2D eigenvalue weighted by atomic mass is 79.9.